The summed E-state index contributed by atoms with van der Waals surface area (Å²) < 4.78 is 10.7. The molecule has 0 atom stereocenters. The molecular weight excluding hydrogens is 552 g/mol. The Bertz CT molecular complexity index is 1750. The molecule has 224 valence electrons. The lowest BCUT2D eigenvalue weighted by atomic mass is 10.1. The van der Waals surface area contributed by atoms with Crippen LogP contribution < -0.4 is 20.1 Å². The molecule has 8 heteroatoms. The van der Waals surface area contributed by atoms with Gasteiger partial charge in [-0.25, -0.2) is 0 Å². The summed E-state index contributed by atoms with van der Waals surface area (Å²) in [7, 11) is 5.40. The smallest absolute Gasteiger partial charge is 0.257 e. The second-order valence-electron chi connectivity index (χ2n) is 10.6. The fourth-order valence-electron chi connectivity index (χ4n) is 4.92. The van der Waals surface area contributed by atoms with Crippen LogP contribution in [-0.4, -0.2) is 56.1 Å². The van der Waals surface area contributed by atoms with Crippen LogP contribution in [0.1, 0.15) is 31.8 Å². The Labute approximate surface area is 257 Å². The van der Waals surface area contributed by atoms with Crippen LogP contribution in [0.4, 0.5) is 11.4 Å². The number of hydrogen-bond donors (Lipinski definition) is 2. The molecule has 0 unspecified atom stereocenters. The zero-order chi connectivity index (χ0) is 30.9. The Hall–Kier alpha value is -5.21. The summed E-state index contributed by atoms with van der Waals surface area (Å²) >= 11 is 0. The van der Waals surface area contributed by atoms with E-state index in [0.29, 0.717) is 22.5 Å². The van der Waals surface area contributed by atoms with Crippen LogP contribution in [0.5, 0.6) is 11.5 Å². The van der Waals surface area contributed by atoms with Crippen molar-refractivity contribution in [1.29, 1.82) is 0 Å². The van der Waals surface area contributed by atoms with Crippen LogP contribution in [0.15, 0.2) is 103 Å². The van der Waals surface area contributed by atoms with Gasteiger partial charge in [-0.1, -0.05) is 48.5 Å². The normalized spacial score (nSPS) is 10.9. The minimum absolute atomic E-state index is 0.305. The minimum Gasteiger partial charge on any atom is -0.493 e. The molecule has 4 aromatic carbocycles. The number of aromatic nitrogens is 1. The maximum Gasteiger partial charge on any atom is 0.257 e. The minimum atomic E-state index is -0.332. The van der Waals surface area contributed by atoms with Crippen molar-refractivity contribution in [2.45, 2.75) is 12.8 Å². The molecule has 5 aromatic rings. The fraction of sp³-hybridized carbons (Fsp3) is 0.194. The number of para-hydroxylation sites is 2. The lowest BCUT2D eigenvalue weighted by Gasteiger charge is -2.17. The van der Waals surface area contributed by atoms with Crippen molar-refractivity contribution >= 4 is 34.1 Å². The number of fused-ring (bicyclic) bond motifs is 1. The number of pyridine rings is 1. The largest absolute Gasteiger partial charge is 0.493 e. The Balaban J connectivity index is 1.14. The summed E-state index contributed by atoms with van der Waals surface area (Å²) in [5, 5.41) is 6.69. The number of nitrogens with zero attached hydrogens (tertiary/aromatic N) is 2. The lowest BCUT2D eigenvalue weighted by molar-refractivity contribution is 0.102. The number of nitrogens with one attached hydrogen (secondary N) is 2. The van der Waals surface area contributed by atoms with E-state index in [4.69, 9.17) is 9.47 Å². The third kappa shape index (κ3) is 7.59. The second-order valence-corrected chi connectivity index (χ2v) is 10.6. The summed E-state index contributed by atoms with van der Waals surface area (Å²) in [6, 6.07) is 30.2. The first-order chi connectivity index (χ1) is 21.4. The molecule has 5 rings (SSSR count). The van der Waals surface area contributed by atoms with E-state index < -0.39 is 0 Å². The van der Waals surface area contributed by atoms with E-state index >= 15 is 0 Å². The average Bonchev–Trinajstić information content (AvgIpc) is 3.06. The van der Waals surface area contributed by atoms with Crippen LogP contribution in [-0.2, 0) is 12.8 Å². The molecule has 0 radical (unpaired) electrons. The Morgan fingerprint density at radius 2 is 1.41 bits per heavy atom. The van der Waals surface area contributed by atoms with Gasteiger partial charge in [-0.05, 0) is 79.5 Å². The number of likely N-dealkylation sites (N-methyl/N-ethyl adjacent to an activating group) is 1. The molecule has 0 bridgehead atoms. The molecule has 0 aliphatic rings. The van der Waals surface area contributed by atoms with Gasteiger partial charge in [0, 0.05) is 30.4 Å². The van der Waals surface area contributed by atoms with Crippen LogP contribution in [0.2, 0.25) is 0 Å². The van der Waals surface area contributed by atoms with E-state index in [1.54, 1.807) is 44.6 Å². The van der Waals surface area contributed by atoms with Crippen molar-refractivity contribution in [3.8, 4) is 11.5 Å². The van der Waals surface area contributed by atoms with Gasteiger partial charge >= 0.3 is 0 Å². The number of ether oxygens (including phenoxy) is 2. The molecule has 1 heterocycles. The molecule has 0 saturated carbocycles. The Kier molecular flexibility index (Phi) is 9.84. The quantitative estimate of drug-likeness (QED) is 0.174. The predicted molar refractivity (Wildman–Crippen MR) is 175 cm³/mol. The molecule has 44 heavy (non-hydrogen) atoms. The summed E-state index contributed by atoms with van der Waals surface area (Å²) in [4.78, 5) is 32.9. The molecule has 2 N–H and O–H groups in total. The molecular formula is C36H36N4O4. The Morgan fingerprint density at radius 1 is 0.727 bits per heavy atom. The highest BCUT2D eigenvalue weighted by atomic mass is 16.5. The van der Waals surface area contributed by atoms with Gasteiger partial charge in [-0.2, -0.15) is 0 Å². The van der Waals surface area contributed by atoms with Crippen LogP contribution in [0.25, 0.3) is 10.9 Å². The summed E-state index contributed by atoms with van der Waals surface area (Å²) in [5.74, 6) is 0.836. The van der Waals surface area contributed by atoms with Crippen LogP contribution >= 0.6 is 0 Å². The number of rotatable bonds is 12. The van der Waals surface area contributed by atoms with Crippen molar-refractivity contribution in [2.75, 3.05) is 45.0 Å². The second kappa shape index (κ2) is 14.3. The van der Waals surface area contributed by atoms with Gasteiger partial charge in [0.1, 0.15) is 0 Å². The number of carbonyl (C=O) groups excluding carboxylic acids is 2. The summed E-state index contributed by atoms with van der Waals surface area (Å²) in [6.45, 7) is 1.82. The lowest BCUT2D eigenvalue weighted by Crippen LogP contribution is -2.23. The van der Waals surface area contributed by atoms with Gasteiger partial charge in [0.25, 0.3) is 11.8 Å². The molecule has 2 amide bonds. The maximum atomic E-state index is 13.2. The van der Waals surface area contributed by atoms with Crippen molar-refractivity contribution in [2.24, 2.45) is 0 Å². The van der Waals surface area contributed by atoms with Gasteiger partial charge in [0.2, 0.25) is 0 Å². The van der Waals surface area contributed by atoms with E-state index in [1.807, 2.05) is 60.7 Å². The third-order valence-electron chi connectivity index (χ3n) is 7.50. The molecule has 0 aliphatic heterocycles. The van der Waals surface area contributed by atoms with Crippen molar-refractivity contribution in [3.05, 3.63) is 126 Å². The molecule has 0 aliphatic carbocycles. The fourth-order valence-corrected chi connectivity index (χ4v) is 4.92. The van der Waals surface area contributed by atoms with Gasteiger partial charge in [-0.3, -0.25) is 14.6 Å². The van der Waals surface area contributed by atoms with Gasteiger partial charge < -0.3 is 25.0 Å². The first kappa shape index (κ1) is 30.3. The monoisotopic (exact) mass is 588 g/mol. The predicted octanol–water partition coefficient (Wildman–Crippen LogP) is 6.47. The van der Waals surface area contributed by atoms with E-state index in [1.165, 1.54) is 17.3 Å². The van der Waals surface area contributed by atoms with Crippen LogP contribution in [0.3, 0.4) is 0 Å². The number of hydrogen-bond acceptors (Lipinski definition) is 6. The van der Waals surface area contributed by atoms with Gasteiger partial charge in [0.05, 0.1) is 36.6 Å². The van der Waals surface area contributed by atoms with Gasteiger partial charge in [0.15, 0.2) is 11.5 Å². The van der Waals surface area contributed by atoms with Crippen molar-refractivity contribution < 1.29 is 19.1 Å². The van der Waals surface area contributed by atoms with E-state index in [9.17, 15) is 9.59 Å². The molecule has 0 spiro atoms. The van der Waals surface area contributed by atoms with Crippen molar-refractivity contribution in [1.82, 2.24) is 9.88 Å². The standard InChI is InChI=1S/C36H36N4O4/c1-40(21-19-26-14-17-33(43-2)34(22-26)44-3)20-18-25-12-15-29(16-13-25)38-36(42)30-9-5-7-11-32(30)39-35(41)28-23-27-8-4-6-10-31(27)37-24-28/h4-17,22-24H,18-21H2,1-3H3,(H,38,42)(H,39,41). The number of amides is 2. The molecule has 1 aromatic heterocycles. The highest BCUT2D eigenvalue weighted by Crippen LogP contribution is 2.28. The molecule has 0 fully saturated rings. The third-order valence-corrected chi connectivity index (χ3v) is 7.50. The topological polar surface area (TPSA) is 92.8 Å². The number of benzene rings is 4. The highest BCUT2D eigenvalue weighted by Gasteiger charge is 2.15. The van der Waals surface area contributed by atoms with Gasteiger partial charge in [-0.15, -0.1) is 0 Å². The number of anilines is 2. The Morgan fingerprint density at radius 3 is 2.18 bits per heavy atom. The molecule has 0 saturated heterocycles. The van der Waals surface area contributed by atoms with E-state index in [-0.39, 0.29) is 11.8 Å². The highest BCUT2D eigenvalue weighted by molar-refractivity contribution is 6.13. The van der Waals surface area contributed by atoms with E-state index in [0.717, 1.165) is 48.3 Å². The van der Waals surface area contributed by atoms with Crippen molar-refractivity contribution in [3.63, 3.8) is 0 Å². The van der Waals surface area contributed by atoms with Crippen LogP contribution in [0, 0.1) is 0 Å². The maximum absolute atomic E-state index is 13.2. The summed E-state index contributed by atoms with van der Waals surface area (Å²) in [6.07, 6.45) is 3.33. The zero-order valence-corrected chi connectivity index (χ0v) is 25.2. The zero-order valence-electron chi connectivity index (χ0n) is 25.2. The SMILES string of the molecule is COc1ccc(CCN(C)CCc2ccc(NC(=O)c3ccccc3NC(=O)c3cnc4ccccc4c3)cc2)cc1OC. The first-order valence-corrected chi connectivity index (χ1v) is 14.5. The summed E-state index contributed by atoms with van der Waals surface area (Å²) in [5.41, 5.74) is 5.08. The average molecular weight is 589 g/mol. The molecule has 8 nitrogen and oxygen atoms in total. The number of carbonyl (C=O) groups is 2. The van der Waals surface area contributed by atoms with E-state index in [2.05, 4.69) is 33.6 Å². The number of methoxy groups -OCH3 is 2. The first-order valence-electron chi connectivity index (χ1n) is 14.5.